The Hall–Kier alpha value is -1.68. The molecule has 2 aliphatic rings. The smallest absolute Gasteiger partial charge is 0.254 e. The Morgan fingerprint density at radius 1 is 1.10 bits per heavy atom. The van der Waals surface area contributed by atoms with Gasteiger partial charge in [-0.1, -0.05) is 12.1 Å². The monoisotopic (exact) mass is 286 g/mol. The summed E-state index contributed by atoms with van der Waals surface area (Å²) in [5.41, 5.74) is 1.30. The fourth-order valence-electron chi connectivity index (χ4n) is 3.43. The maximum atomic E-state index is 12.6. The molecule has 3 rings (SSSR count). The number of carbonyl (C=O) groups is 2. The summed E-state index contributed by atoms with van der Waals surface area (Å²) in [6.07, 6.45) is 5.58. The van der Waals surface area contributed by atoms with Crippen LogP contribution in [0.15, 0.2) is 24.3 Å². The van der Waals surface area contributed by atoms with Crippen LogP contribution in [0.2, 0.25) is 0 Å². The van der Waals surface area contributed by atoms with Crippen LogP contribution in [0.5, 0.6) is 0 Å². The van der Waals surface area contributed by atoms with Crippen molar-refractivity contribution in [2.45, 2.75) is 31.7 Å². The van der Waals surface area contributed by atoms with Crippen LogP contribution in [-0.2, 0) is 0 Å². The van der Waals surface area contributed by atoms with Crippen LogP contribution in [0.4, 0.5) is 0 Å². The van der Waals surface area contributed by atoms with Crippen molar-refractivity contribution in [1.82, 2.24) is 9.80 Å². The van der Waals surface area contributed by atoms with Crippen molar-refractivity contribution in [2.75, 3.05) is 26.2 Å². The lowest BCUT2D eigenvalue weighted by molar-refractivity contribution is 0.0708. The molecule has 1 unspecified atom stereocenters. The fraction of sp³-hybridized carbons (Fsp3) is 0.529. The summed E-state index contributed by atoms with van der Waals surface area (Å²) in [5, 5.41) is 0. The lowest BCUT2D eigenvalue weighted by atomic mass is 10.1. The zero-order valence-corrected chi connectivity index (χ0v) is 12.3. The van der Waals surface area contributed by atoms with Gasteiger partial charge < -0.3 is 9.80 Å². The Labute approximate surface area is 125 Å². The predicted molar refractivity (Wildman–Crippen MR) is 81.6 cm³/mol. The van der Waals surface area contributed by atoms with Gasteiger partial charge in [-0.2, -0.15) is 0 Å². The van der Waals surface area contributed by atoms with Crippen molar-refractivity contribution < 1.29 is 9.59 Å². The number of amides is 1. The molecule has 112 valence electrons. The van der Waals surface area contributed by atoms with Crippen LogP contribution < -0.4 is 0 Å². The third kappa shape index (κ3) is 3.16. The number of hydrogen-bond donors (Lipinski definition) is 0. The largest absolute Gasteiger partial charge is 0.334 e. The molecule has 0 radical (unpaired) electrons. The molecular weight excluding hydrogens is 264 g/mol. The Morgan fingerprint density at radius 2 is 1.81 bits per heavy atom. The number of carbonyl (C=O) groups excluding carboxylic acids is 2. The summed E-state index contributed by atoms with van der Waals surface area (Å²) < 4.78 is 0. The minimum atomic E-state index is 0.106. The molecule has 2 saturated heterocycles. The number of hydrogen-bond acceptors (Lipinski definition) is 3. The first kappa shape index (κ1) is 14.3. The molecule has 2 heterocycles. The van der Waals surface area contributed by atoms with E-state index in [1.807, 2.05) is 4.90 Å². The van der Waals surface area contributed by atoms with Crippen LogP contribution in [0.3, 0.4) is 0 Å². The van der Waals surface area contributed by atoms with Crippen LogP contribution in [0, 0.1) is 0 Å². The molecule has 0 spiro atoms. The summed E-state index contributed by atoms with van der Waals surface area (Å²) in [6, 6.07) is 7.30. The molecule has 0 aromatic heterocycles. The van der Waals surface area contributed by atoms with Crippen molar-refractivity contribution in [2.24, 2.45) is 0 Å². The van der Waals surface area contributed by atoms with Gasteiger partial charge in [-0.3, -0.25) is 9.59 Å². The first-order valence-corrected chi connectivity index (χ1v) is 7.86. The molecule has 21 heavy (non-hydrogen) atoms. The zero-order valence-electron chi connectivity index (χ0n) is 12.3. The molecule has 0 saturated carbocycles. The first-order valence-electron chi connectivity index (χ1n) is 7.86. The summed E-state index contributed by atoms with van der Waals surface area (Å²) >= 11 is 0. The molecule has 1 aromatic rings. The second kappa shape index (κ2) is 6.39. The Morgan fingerprint density at radius 3 is 2.48 bits per heavy atom. The highest BCUT2D eigenvalue weighted by Gasteiger charge is 2.31. The molecule has 0 bridgehead atoms. The van der Waals surface area contributed by atoms with E-state index in [4.69, 9.17) is 0 Å². The topological polar surface area (TPSA) is 40.6 Å². The van der Waals surface area contributed by atoms with Gasteiger partial charge in [-0.15, -0.1) is 0 Å². The van der Waals surface area contributed by atoms with Gasteiger partial charge in [-0.05, 0) is 50.9 Å². The molecular formula is C17H22N2O2. The maximum Gasteiger partial charge on any atom is 0.254 e. The van der Waals surface area contributed by atoms with E-state index in [-0.39, 0.29) is 5.91 Å². The summed E-state index contributed by atoms with van der Waals surface area (Å²) in [6.45, 7) is 4.21. The average Bonchev–Trinajstić information content (AvgIpc) is 3.19. The molecule has 4 nitrogen and oxygen atoms in total. The predicted octanol–water partition coefficient (Wildman–Crippen LogP) is 2.20. The van der Waals surface area contributed by atoms with Crippen LogP contribution in [-0.4, -0.2) is 54.2 Å². The normalized spacial score (nSPS) is 22.7. The lowest BCUT2D eigenvalue weighted by Crippen LogP contribution is -2.42. The highest BCUT2D eigenvalue weighted by molar-refractivity contribution is 5.95. The van der Waals surface area contributed by atoms with Gasteiger partial charge in [0.1, 0.15) is 6.29 Å². The van der Waals surface area contributed by atoms with Gasteiger partial charge in [0.2, 0.25) is 0 Å². The molecule has 0 aliphatic carbocycles. The summed E-state index contributed by atoms with van der Waals surface area (Å²) in [7, 11) is 0. The van der Waals surface area contributed by atoms with Crippen molar-refractivity contribution in [3.8, 4) is 0 Å². The van der Waals surface area contributed by atoms with Crippen molar-refractivity contribution in [3.05, 3.63) is 35.4 Å². The Bertz CT molecular complexity index is 506. The van der Waals surface area contributed by atoms with E-state index in [0.717, 1.165) is 32.2 Å². The van der Waals surface area contributed by atoms with Gasteiger partial charge in [0.15, 0.2) is 0 Å². The Kier molecular flexibility index (Phi) is 4.34. The third-order valence-electron chi connectivity index (χ3n) is 4.60. The highest BCUT2D eigenvalue weighted by atomic mass is 16.2. The van der Waals surface area contributed by atoms with Crippen LogP contribution in [0.1, 0.15) is 46.4 Å². The lowest BCUT2D eigenvalue weighted by Gasteiger charge is -2.28. The van der Waals surface area contributed by atoms with Gasteiger partial charge in [0.25, 0.3) is 5.91 Å². The van der Waals surface area contributed by atoms with E-state index in [0.29, 0.717) is 17.2 Å². The molecule has 1 amide bonds. The van der Waals surface area contributed by atoms with Crippen molar-refractivity contribution in [3.63, 3.8) is 0 Å². The van der Waals surface area contributed by atoms with Crippen LogP contribution >= 0.6 is 0 Å². The van der Waals surface area contributed by atoms with Crippen molar-refractivity contribution in [1.29, 1.82) is 0 Å². The number of likely N-dealkylation sites (tertiary alicyclic amines) is 2. The molecule has 2 fully saturated rings. The zero-order chi connectivity index (χ0) is 14.7. The quantitative estimate of drug-likeness (QED) is 0.797. The van der Waals surface area contributed by atoms with E-state index in [2.05, 4.69) is 4.90 Å². The van der Waals surface area contributed by atoms with E-state index in [9.17, 15) is 9.59 Å². The maximum absolute atomic E-state index is 12.6. The summed E-state index contributed by atoms with van der Waals surface area (Å²) in [5.74, 6) is 0.106. The average molecular weight is 286 g/mol. The molecule has 1 atom stereocenters. The minimum Gasteiger partial charge on any atom is -0.334 e. The molecule has 0 N–H and O–H groups in total. The third-order valence-corrected chi connectivity index (χ3v) is 4.60. The van der Waals surface area contributed by atoms with E-state index in [1.54, 1.807) is 24.3 Å². The van der Waals surface area contributed by atoms with Crippen molar-refractivity contribution >= 4 is 12.2 Å². The SMILES string of the molecule is O=Cc1ccc(C(=O)N2CCCC2CN2CCCC2)cc1. The molecule has 2 aliphatic heterocycles. The van der Waals surface area contributed by atoms with Gasteiger partial charge in [-0.25, -0.2) is 0 Å². The Balaban J connectivity index is 1.68. The molecule has 4 heteroatoms. The first-order chi connectivity index (χ1) is 10.3. The minimum absolute atomic E-state index is 0.106. The standard InChI is InChI=1S/C17H22N2O2/c20-13-14-5-7-15(8-6-14)17(21)19-11-3-4-16(19)12-18-9-1-2-10-18/h5-8,13,16H,1-4,9-12H2. The highest BCUT2D eigenvalue weighted by Crippen LogP contribution is 2.22. The van der Waals surface area contributed by atoms with E-state index in [1.165, 1.54) is 25.9 Å². The van der Waals surface area contributed by atoms with Gasteiger partial charge in [0, 0.05) is 30.3 Å². The fourth-order valence-corrected chi connectivity index (χ4v) is 3.43. The number of benzene rings is 1. The number of rotatable bonds is 4. The number of nitrogens with zero attached hydrogens (tertiary/aromatic N) is 2. The molecule has 1 aromatic carbocycles. The van der Waals surface area contributed by atoms with Gasteiger partial charge in [0.05, 0.1) is 0 Å². The second-order valence-electron chi connectivity index (χ2n) is 6.04. The second-order valence-corrected chi connectivity index (χ2v) is 6.04. The number of aldehydes is 1. The van der Waals surface area contributed by atoms with E-state index < -0.39 is 0 Å². The van der Waals surface area contributed by atoms with Crippen LogP contribution in [0.25, 0.3) is 0 Å². The van der Waals surface area contributed by atoms with E-state index >= 15 is 0 Å². The summed E-state index contributed by atoms with van der Waals surface area (Å²) in [4.78, 5) is 27.8. The van der Waals surface area contributed by atoms with Gasteiger partial charge >= 0.3 is 0 Å².